The van der Waals surface area contributed by atoms with Gasteiger partial charge in [0.2, 0.25) is 17.8 Å². The van der Waals surface area contributed by atoms with E-state index in [1.54, 1.807) is 20.2 Å². The number of aromatic nitrogens is 2. The molecule has 3 rings (SSSR count). The summed E-state index contributed by atoms with van der Waals surface area (Å²) >= 11 is 0. The number of anilines is 1. The van der Waals surface area contributed by atoms with Crippen LogP contribution in [0.2, 0.25) is 0 Å². The van der Waals surface area contributed by atoms with E-state index in [1.165, 1.54) is 17.0 Å². The van der Waals surface area contributed by atoms with Crippen LogP contribution in [0.4, 0.5) is 19.1 Å². The van der Waals surface area contributed by atoms with E-state index in [1.807, 2.05) is 18.2 Å². The first-order valence-electron chi connectivity index (χ1n) is 9.49. The van der Waals surface area contributed by atoms with Gasteiger partial charge in [-0.1, -0.05) is 24.3 Å². The van der Waals surface area contributed by atoms with Crippen LogP contribution in [0.15, 0.2) is 48.5 Å². The van der Waals surface area contributed by atoms with Crippen molar-refractivity contribution >= 4 is 28.8 Å². The number of likely N-dealkylation sites (N-methyl/N-ethyl adjacent to an activating group) is 1. The Bertz CT molecular complexity index is 1050. The molecule has 0 fully saturated rings. The number of nitrogens with zero attached hydrogens (tertiary/aromatic N) is 2. The van der Waals surface area contributed by atoms with Gasteiger partial charge in [-0.15, -0.1) is 0 Å². The number of para-hydroxylation sites is 2. The Morgan fingerprint density at radius 1 is 1.13 bits per heavy atom. The molecule has 3 aromatic rings. The van der Waals surface area contributed by atoms with Crippen molar-refractivity contribution in [3.8, 4) is 0 Å². The van der Waals surface area contributed by atoms with E-state index in [0.29, 0.717) is 11.5 Å². The molecule has 7 nitrogen and oxygen atoms in total. The number of benzene rings is 2. The van der Waals surface area contributed by atoms with Gasteiger partial charge in [-0.05, 0) is 29.8 Å². The number of rotatable bonds is 7. The molecular formula is C21H22F3N5O2. The predicted octanol–water partition coefficient (Wildman–Crippen LogP) is 3.33. The molecule has 31 heavy (non-hydrogen) atoms. The maximum Gasteiger partial charge on any atom is 0.416 e. The molecular weight excluding hydrogens is 411 g/mol. The van der Waals surface area contributed by atoms with Crippen LogP contribution in [0.5, 0.6) is 0 Å². The van der Waals surface area contributed by atoms with Gasteiger partial charge in [0.05, 0.1) is 35.6 Å². The molecule has 0 aliphatic heterocycles. The predicted molar refractivity (Wildman–Crippen MR) is 110 cm³/mol. The molecule has 1 heterocycles. The Kier molecular flexibility index (Phi) is 6.47. The molecule has 0 bridgehead atoms. The van der Waals surface area contributed by atoms with Crippen molar-refractivity contribution in [3.63, 3.8) is 0 Å². The topological polar surface area (TPSA) is 90.1 Å². The Hall–Kier alpha value is -3.56. The van der Waals surface area contributed by atoms with Crippen LogP contribution in [0.3, 0.4) is 0 Å². The lowest BCUT2D eigenvalue weighted by atomic mass is 10.0. The standard InChI is InChI=1S/C21H22F3N5O2/c1-29(2)19(31)12-25-18(30)11-17(13-6-5-7-14(10-13)21(22,23)24)28-20-26-15-8-3-4-9-16(15)27-20/h3-10,17H,11-12H2,1-2H3,(H,25,30)(H2,26,27,28). The first-order chi connectivity index (χ1) is 14.6. The SMILES string of the molecule is CN(C)C(=O)CNC(=O)CC(Nc1nc2ccccc2[nH]1)c1cccc(C(F)(F)F)c1. The van der Waals surface area contributed by atoms with E-state index < -0.39 is 23.7 Å². The van der Waals surface area contributed by atoms with Gasteiger partial charge in [0.25, 0.3) is 0 Å². The number of nitrogens with one attached hydrogen (secondary N) is 3. The lowest BCUT2D eigenvalue weighted by Gasteiger charge is -2.20. The smallest absolute Gasteiger partial charge is 0.348 e. The van der Waals surface area contributed by atoms with Crippen LogP contribution in [0.25, 0.3) is 11.0 Å². The molecule has 164 valence electrons. The molecule has 3 N–H and O–H groups in total. The van der Waals surface area contributed by atoms with Crippen molar-refractivity contribution in [3.05, 3.63) is 59.7 Å². The zero-order valence-electron chi connectivity index (χ0n) is 17.0. The Balaban J connectivity index is 1.84. The number of amides is 2. The molecule has 2 aromatic carbocycles. The van der Waals surface area contributed by atoms with Crippen LogP contribution in [0.1, 0.15) is 23.6 Å². The number of hydrogen-bond acceptors (Lipinski definition) is 4. The van der Waals surface area contributed by atoms with E-state index in [2.05, 4.69) is 20.6 Å². The van der Waals surface area contributed by atoms with Crippen LogP contribution in [0, 0.1) is 0 Å². The molecule has 1 aromatic heterocycles. The summed E-state index contributed by atoms with van der Waals surface area (Å²) in [6.07, 6.45) is -4.71. The van der Waals surface area contributed by atoms with E-state index >= 15 is 0 Å². The summed E-state index contributed by atoms with van der Waals surface area (Å²) in [6, 6.07) is 11.2. The molecule has 0 aliphatic rings. The summed E-state index contributed by atoms with van der Waals surface area (Å²) in [4.78, 5) is 32.9. The van der Waals surface area contributed by atoms with Gasteiger partial charge in [-0.25, -0.2) is 4.98 Å². The number of H-pyrrole nitrogens is 1. The Morgan fingerprint density at radius 3 is 2.55 bits per heavy atom. The lowest BCUT2D eigenvalue weighted by molar-refractivity contribution is -0.137. The van der Waals surface area contributed by atoms with Gasteiger partial charge in [0.15, 0.2) is 0 Å². The van der Waals surface area contributed by atoms with Crippen molar-refractivity contribution in [1.82, 2.24) is 20.2 Å². The first kappa shape index (κ1) is 22.1. The number of fused-ring (bicyclic) bond motifs is 1. The maximum absolute atomic E-state index is 13.2. The largest absolute Gasteiger partial charge is 0.416 e. The van der Waals surface area contributed by atoms with Crippen LogP contribution < -0.4 is 10.6 Å². The highest BCUT2D eigenvalue weighted by Gasteiger charge is 2.31. The number of halogens is 3. The van der Waals surface area contributed by atoms with Gasteiger partial charge < -0.3 is 20.5 Å². The van der Waals surface area contributed by atoms with Gasteiger partial charge in [0, 0.05) is 14.1 Å². The maximum atomic E-state index is 13.2. The molecule has 0 saturated heterocycles. The van der Waals surface area contributed by atoms with E-state index in [9.17, 15) is 22.8 Å². The van der Waals surface area contributed by atoms with Crippen molar-refractivity contribution < 1.29 is 22.8 Å². The molecule has 0 radical (unpaired) electrons. The van der Waals surface area contributed by atoms with Gasteiger partial charge in [-0.3, -0.25) is 9.59 Å². The second kappa shape index (κ2) is 9.07. The normalized spacial score (nSPS) is 12.4. The fraction of sp³-hybridized carbons (Fsp3) is 0.286. The fourth-order valence-electron chi connectivity index (χ4n) is 2.96. The molecule has 1 atom stereocenters. The van der Waals surface area contributed by atoms with Crippen LogP contribution in [-0.4, -0.2) is 47.3 Å². The summed E-state index contributed by atoms with van der Waals surface area (Å²) in [5, 5.41) is 5.51. The third-order valence-corrected chi connectivity index (χ3v) is 4.64. The summed E-state index contributed by atoms with van der Waals surface area (Å²) < 4.78 is 39.6. The highest BCUT2D eigenvalue weighted by Crippen LogP contribution is 2.32. The van der Waals surface area contributed by atoms with Crippen LogP contribution in [-0.2, 0) is 15.8 Å². The number of imidazole rings is 1. The average Bonchev–Trinajstić information content (AvgIpc) is 3.13. The van der Waals surface area contributed by atoms with Crippen molar-refractivity contribution in [2.24, 2.45) is 0 Å². The number of carbonyl (C=O) groups is 2. The quantitative estimate of drug-likeness (QED) is 0.533. The van der Waals surface area contributed by atoms with Crippen molar-refractivity contribution in [2.45, 2.75) is 18.6 Å². The highest BCUT2D eigenvalue weighted by atomic mass is 19.4. The third-order valence-electron chi connectivity index (χ3n) is 4.64. The minimum absolute atomic E-state index is 0.195. The minimum Gasteiger partial charge on any atom is -0.348 e. The summed E-state index contributed by atoms with van der Waals surface area (Å²) in [7, 11) is 3.12. The fourth-order valence-corrected chi connectivity index (χ4v) is 2.96. The van der Waals surface area contributed by atoms with Gasteiger partial charge in [0.1, 0.15) is 0 Å². The third kappa shape index (κ3) is 5.74. The average molecular weight is 433 g/mol. The zero-order valence-corrected chi connectivity index (χ0v) is 17.0. The summed E-state index contributed by atoms with van der Waals surface area (Å²) in [5.74, 6) is -0.462. The Labute approximate surface area is 176 Å². The Morgan fingerprint density at radius 2 is 1.87 bits per heavy atom. The van der Waals surface area contributed by atoms with Crippen LogP contribution >= 0.6 is 0 Å². The lowest BCUT2D eigenvalue weighted by Crippen LogP contribution is -2.37. The molecule has 0 saturated carbocycles. The monoisotopic (exact) mass is 433 g/mol. The highest BCUT2D eigenvalue weighted by molar-refractivity contribution is 5.85. The second-order valence-corrected chi connectivity index (χ2v) is 7.19. The van der Waals surface area contributed by atoms with Gasteiger partial charge in [-0.2, -0.15) is 13.2 Å². The minimum atomic E-state index is -4.51. The van der Waals surface area contributed by atoms with Gasteiger partial charge >= 0.3 is 6.18 Å². The second-order valence-electron chi connectivity index (χ2n) is 7.19. The molecule has 0 spiro atoms. The van der Waals surface area contributed by atoms with E-state index in [4.69, 9.17) is 0 Å². The molecule has 2 amide bonds. The summed E-state index contributed by atoms with van der Waals surface area (Å²) in [5.41, 5.74) is 0.872. The number of hydrogen-bond donors (Lipinski definition) is 3. The van der Waals surface area contributed by atoms with E-state index in [0.717, 1.165) is 17.6 Å². The molecule has 0 aliphatic carbocycles. The zero-order chi connectivity index (χ0) is 22.6. The number of carbonyl (C=O) groups excluding carboxylic acids is 2. The van der Waals surface area contributed by atoms with E-state index in [-0.39, 0.29) is 24.4 Å². The first-order valence-corrected chi connectivity index (χ1v) is 9.49. The molecule has 1 unspecified atom stereocenters. The molecule has 10 heteroatoms. The number of alkyl halides is 3. The summed E-state index contributed by atoms with van der Waals surface area (Å²) in [6.45, 7) is -0.203. The van der Waals surface area contributed by atoms with Crippen molar-refractivity contribution in [1.29, 1.82) is 0 Å². The number of aromatic amines is 1. The van der Waals surface area contributed by atoms with Crippen molar-refractivity contribution in [2.75, 3.05) is 26.0 Å².